The van der Waals surface area contributed by atoms with Gasteiger partial charge in [0.05, 0.1) is 0 Å². The molecule has 0 spiro atoms. The molecule has 0 aromatic heterocycles. The zero-order chi connectivity index (χ0) is 9.14. The second-order valence-corrected chi connectivity index (χ2v) is 4.50. The average Bonchev–Trinajstić information content (AvgIpc) is 2.00. The van der Waals surface area contributed by atoms with Crippen molar-refractivity contribution in [3.63, 3.8) is 0 Å². The van der Waals surface area contributed by atoms with Gasteiger partial charge in [-0.2, -0.15) is 0 Å². The van der Waals surface area contributed by atoms with Crippen LogP contribution in [-0.2, 0) is 0 Å². The average molecular weight is 172 g/mol. The lowest BCUT2D eigenvalue weighted by Gasteiger charge is -2.35. The number of hydrogen-bond acceptors (Lipinski definition) is 0. The molecule has 1 saturated carbocycles. The van der Waals surface area contributed by atoms with Gasteiger partial charge in [-0.05, 0) is 30.6 Å². The van der Waals surface area contributed by atoms with Crippen LogP contribution in [0.3, 0.4) is 0 Å². The third-order valence-corrected chi connectivity index (χ3v) is 3.31. The molecule has 0 aliphatic heterocycles. The van der Waals surface area contributed by atoms with Gasteiger partial charge in [0.15, 0.2) is 0 Å². The molecular formula is C11H21F. The van der Waals surface area contributed by atoms with E-state index < -0.39 is 6.17 Å². The first kappa shape index (κ1) is 10.0. The van der Waals surface area contributed by atoms with Gasteiger partial charge in [0.1, 0.15) is 6.17 Å². The summed E-state index contributed by atoms with van der Waals surface area (Å²) in [5, 5.41) is 0. The van der Waals surface area contributed by atoms with Gasteiger partial charge in [0.25, 0.3) is 0 Å². The van der Waals surface area contributed by atoms with Gasteiger partial charge in [-0.1, -0.05) is 33.6 Å². The minimum absolute atomic E-state index is 0.307. The van der Waals surface area contributed by atoms with Gasteiger partial charge in [-0.3, -0.25) is 0 Å². The fraction of sp³-hybridized carbons (Fsp3) is 1.00. The van der Waals surface area contributed by atoms with E-state index >= 15 is 0 Å². The maximum absolute atomic E-state index is 13.4. The fourth-order valence-electron chi connectivity index (χ4n) is 2.47. The number of hydrogen-bond donors (Lipinski definition) is 0. The van der Waals surface area contributed by atoms with E-state index in [4.69, 9.17) is 0 Å². The molecule has 1 heteroatoms. The quantitative estimate of drug-likeness (QED) is 0.594. The van der Waals surface area contributed by atoms with Crippen molar-refractivity contribution in [3.05, 3.63) is 0 Å². The molecule has 0 radical (unpaired) electrons. The molecule has 0 amide bonds. The zero-order valence-electron chi connectivity index (χ0n) is 8.52. The van der Waals surface area contributed by atoms with Crippen molar-refractivity contribution >= 4 is 0 Å². The molecule has 1 aliphatic carbocycles. The maximum Gasteiger partial charge on any atom is 0.103 e. The van der Waals surface area contributed by atoms with Crippen molar-refractivity contribution in [1.29, 1.82) is 0 Å². The van der Waals surface area contributed by atoms with Crippen LogP contribution in [0.25, 0.3) is 0 Å². The summed E-state index contributed by atoms with van der Waals surface area (Å²) in [4.78, 5) is 0. The molecule has 0 nitrogen and oxygen atoms in total. The normalized spacial score (nSPS) is 43.0. The molecule has 0 saturated heterocycles. The van der Waals surface area contributed by atoms with Crippen molar-refractivity contribution in [2.45, 2.75) is 52.6 Å². The van der Waals surface area contributed by atoms with E-state index in [9.17, 15) is 4.39 Å². The zero-order valence-corrected chi connectivity index (χ0v) is 8.52. The standard InChI is InChI=1S/C11H21F/c1-4-5-10-6-8(2)7-11(12)9(10)3/h8-11H,4-7H2,1-3H3. The monoisotopic (exact) mass is 172 g/mol. The second-order valence-electron chi connectivity index (χ2n) is 4.50. The summed E-state index contributed by atoms with van der Waals surface area (Å²) < 4.78 is 13.4. The molecule has 1 aliphatic rings. The van der Waals surface area contributed by atoms with E-state index in [1.54, 1.807) is 0 Å². The van der Waals surface area contributed by atoms with Gasteiger partial charge in [-0.15, -0.1) is 0 Å². The highest BCUT2D eigenvalue weighted by atomic mass is 19.1. The third-order valence-electron chi connectivity index (χ3n) is 3.31. The van der Waals surface area contributed by atoms with E-state index in [0.717, 1.165) is 6.42 Å². The largest absolute Gasteiger partial charge is 0.247 e. The third kappa shape index (κ3) is 2.21. The molecule has 0 aromatic carbocycles. The van der Waals surface area contributed by atoms with Crippen LogP contribution in [0.4, 0.5) is 4.39 Å². The Morgan fingerprint density at radius 1 is 1.25 bits per heavy atom. The lowest BCUT2D eigenvalue weighted by molar-refractivity contribution is 0.0821. The molecular weight excluding hydrogens is 151 g/mol. The highest BCUT2D eigenvalue weighted by Gasteiger charge is 2.32. The van der Waals surface area contributed by atoms with E-state index in [0.29, 0.717) is 17.8 Å². The van der Waals surface area contributed by atoms with E-state index in [1.807, 2.05) is 0 Å². The molecule has 0 bridgehead atoms. The SMILES string of the molecule is CCCC1CC(C)CC(F)C1C. The lowest BCUT2D eigenvalue weighted by atomic mass is 9.73. The molecule has 4 unspecified atom stereocenters. The predicted octanol–water partition coefficient (Wildman–Crippen LogP) is 3.81. The molecule has 0 aromatic rings. The van der Waals surface area contributed by atoms with Crippen LogP contribution in [0.5, 0.6) is 0 Å². The number of halogens is 1. The Bertz CT molecular complexity index is 133. The first-order chi connectivity index (χ1) is 5.65. The van der Waals surface area contributed by atoms with Crippen LogP contribution in [0.2, 0.25) is 0 Å². The van der Waals surface area contributed by atoms with Crippen molar-refractivity contribution < 1.29 is 4.39 Å². The Hall–Kier alpha value is -0.0700. The predicted molar refractivity (Wildman–Crippen MR) is 50.9 cm³/mol. The van der Waals surface area contributed by atoms with E-state index in [2.05, 4.69) is 20.8 Å². The Morgan fingerprint density at radius 3 is 2.50 bits per heavy atom. The summed E-state index contributed by atoms with van der Waals surface area (Å²) in [7, 11) is 0. The highest BCUT2D eigenvalue weighted by molar-refractivity contribution is 4.82. The molecule has 0 heterocycles. The summed E-state index contributed by atoms with van der Waals surface area (Å²) in [5.41, 5.74) is 0. The van der Waals surface area contributed by atoms with Crippen LogP contribution in [-0.4, -0.2) is 6.17 Å². The van der Waals surface area contributed by atoms with Gasteiger partial charge in [0.2, 0.25) is 0 Å². The van der Waals surface area contributed by atoms with Crippen LogP contribution in [0.1, 0.15) is 46.5 Å². The Morgan fingerprint density at radius 2 is 1.92 bits per heavy atom. The van der Waals surface area contributed by atoms with Gasteiger partial charge >= 0.3 is 0 Å². The Kier molecular flexibility index (Phi) is 3.54. The van der Waals surface area contributed by atoms with E-state index in [1.165, 1.54) is 19.3 Å². The van der Waals surface area contributed by atoms with Crippen molar-refractivity contribution in [3.8, 4) is 0 Å². The van der Waals surface area contributed by atoms with Gasteiger partial charge in [-0.25, -0.2) is 4.39 Å². The Labute approximate surface area is 75.5 Å². The summed E-state index contributed by atoms with van der Waals surface area (Å²) in [6, 6.07) is 0. The highest BCUT2D eigenvalue weighted by Crippen LogP contribution is 2.37. The molecule has 1 rings (SSSR count). The molecule has 1 fully saturated rings. The molecule has 72 valence electrons. The van der Waals surface area contributed by atoms with Gasteiger partial charge in [0, 0.05) is 0 Å². The van der Waals surface area contributed by atoms with Crippen molar-refractivity contribution in [2.24, 2.45) is 17.8 Å². The molecule has 12 heavy (non-hydrogen) atoms. The summed E-state index contributed by atoms with van der Waals surface area (Å²) in [6.45, 7) is 6.46. The van der Waals surface area contributed by atoms with Crippen LogP contribution in [0, 0.1) is 17.8 Å². The van der Waals surface area contributed by atoms with E-state index in [-0.39, 0.29) is 0 Å². The lowest BCUT2D eigenvalue weighted by Crippen LogP contribution is -2.31. The van der Waals surface area contributed by atoms with Gasteiger partial charge < -0.3 is 0 Å². The fourth-order valence-corrected chi connectivity index (χ4v) is 2.47. The van der Waals surface area contributed by atoms with Crippen molar-refractivity contribution in [1.82, 2.24) is 0 Å². The van der Waals surface area contributed by atoms with Crippen molar-refractivity contribution in [2.75, 3.05) is 0 Å². The summed E-state index contributed by atoms with van der Waals surface area (Å²) >= 11 is 0. The topological polar surface area (TPSA) is 0 Å². The van der Waals surface area contributed by atoms with Crippen LogP contribution < -0.4 is 0 Å². The van der Waals surface area contributed by atoms with Crippen LogP contribution in [0.15, 0.2) is 0 Å². The molecule has 4 atom stereocenters. The number of rotatable bonds is 2. The first-order valence-electron chi connectivity index (χ1n) is 5.29. The first-order valence-corrected chi connectivity index (χ1v) is 5.29. The minimum atomic E-state index is -0.537. The Balaban J connectivity index is 2.47. The smallest absolute Gasteiger partial charge is 0.103 e. The van der Waals surface area contributed by atoms with Crippen LogP contribution >= 0.6 is 0 Å². The summed E-state index contributed by atoms with van der Waals surface area (Å²) in [6.07, 6.45) is 3.92. The number of alkyl halides is 1. The molecule has 0 N–H and O–H groups in total. The minimum Gasteiger partial charge on any atom is -0.247 e. The summed E-state index contributed by atoms with van der Waals surface area (Å²) in [5.74, 6) is 1.56. The maximum atomic E-state index is 13.4. The second kappa shape index (κ2) is 4.25.